The lowest BCUT2D eigenvalue weighted by Gasteiger charge is -2.22. The van der Waals surface area contributed by atoms with Crippen molar-refractivity contribution >= 4 is 46.1 Å². The van der Waals surface area contributed by atoms with Crippen LogP contribution in [-0.4, -0.2) is 31.6 Å². The molecule has 0 saturated carbocycles. The van der Waals surface area contributed by atoms with Gasteiger partial charge in [0.05, 0.1) is 54.3 Å². The molecule has 3 aromatic carbocycles. The Balaban J connectivity index is 2.00. The Morgan fingerprint density at radius 1 is 0.651 bits per heavy atom. The molecule has 2 atom stereocenters. The van der Waals surface area contributed by atoms with E-state index in [1.165, 1.54) is 32.0 Å². The van der Waals surface area contributed by atoms with Crippen LogP contribution in [0, 0.1) is 40.5 Å². The summed E-state index contributed by atoms with van der Waals surface area (Å²) in [6.45, 7) is 2.44. The van der Waals surface area contributed by atoms with Gasteiger partial charge in [-0.2, -0.15) is 0 Å². The second kappa shape index (κ2) is 12.5. The van der Waals surface area contributed by atoms with Gasteiger partial charge < -0.3 is 20.9 Å². The maximum atomic E-state index is 13.4. The van der Waals surface area contributed by atoms with Gasteiger partial charge in [-0.3, -0.25) is 50.0 Å². The van der Waals surface area contributed by atoms with E-state index in [2.05, 4.69) is 0 Å². The second-order valence-corrected chi connectivity index (χ2v) is 8.96. The minimum Gasteiger partial charge on any atom is -0.457 e. The number of nitro benzene ring substituents is 4. The third-order valence-corrected chi connectivity index (χ3v) is 6.26. The number of para-hydroxylation sites is 1. The minimum absolute atomic E-state index is 0.0267. The number of carbonyl (C=O) groups is 2. The molecule has 0 bridgehead atoms. The van der Waals surface area contributed by atoms with Gasteiger partial charge in [0.15, 0.2) is 5.92 Å². The number of ether oxygens (including phenoxy) is 2. The molecule has 0 aliphatic heterocycles. The van der Waals surface area contributed by atoms with Gasteiger partial charge in [0.25, 0.3) is 22.7 Å². The van der Waals surface area contributed by atoms with Crippen molar-refractivity contribution in [2.24, 2.45) is 0 Å². The van der Waals surface area contributed by atoms with Crippen molar-refractivity contribution in [3.63, 3.8) is 0 Å². The SMILES string of the molecule is CC(OC(=O)C(C(=O)OC(C)c1ccc([N+](=O)[O-])cc1[N+](=O)[O-])c1cccc(N)c1N)c1ccc([N+](=O)[O-])cc1[N+](=O)[O-]. The fourth-order valence-electron chi connectivity index (χ4n) is 4.11. The number of nitrogen functional groups attached to an aromatic ring is 2. The van der Waals surface area contributed by atoms with Crippen LogP contribution in [0.3, 0.4) is 0 Å². The highest BCUT2D eigenvalue weighted by Gasteiger charge is 2.38. The zero-order valence-electron chi connectivity index (χ0n) is 22.3. The molecule has 0 aliphatic rings. The Hall–Kier alpha value is -6.20. The fraction of sp³-hybridized carbons (Fsp3) is 0.200. The van der Waals surface area contributed by atoms with Crippen LogP contribution in [0.25, 0.3) is 0 Å². The maximum Gasteiger partial charge on any atom is 0.325 e. The molecule has 0 heterocycles. The number of anilines is 2. The molecule has 18 heteroatoms. The summed E-state index contributed by atoms with van der Waals surface area (Å²) in [6.07, 6.45) is -2.83. The van der Waals surface area contributed by atoms with Gasteiger partial charge in [0.2, 0.25) is 0 Å². The Morgan fingerprint density at radius 2 is 1.07 bits per heavy atom. The topological polar surface area (TPSA) is 277 Å². The van der Waals surface area contributed by atoms with E-state index in [1.807, 2.05) is 0 Å². The van der Waals surface area contributed by atoms with Gasteiger partial charge in [-0.1, -0.05) is 12.1 Å². The second-order valence-electron chi connectivity index (χ2n) is 8.96. The van der Waals surface area contributed by atoms with E-state index >= 15 is 0 Å². The van der Waals surface area contributed by atoms with Crippen molar-refractivity contribution in [1.82, 2.24) is 0 Å². The predicted molar refractivity (Wildman–Crippen MR) is 147 cm³/mol. The summed E-state index contributed by atoms with van der Waals surface area (Å²) >= 11 is 0. The van der Waals surface area contributed by atoms with Crippen molar-refractivity contribution in [2.75, 3.05) is 11.5 Å². The summed E-state index contributed by atoms with van der Waals surface area (Å²) in [4.78, 5) is 68.6. The summed E-state index contributed by atoms with van der Waals surface area (Å²) < 4.78 is 10.7. The zero-order chi connectivity index (χ0) is 32.2. The number of benzene rings is 3. The van der Waals surface area contributed by atoms with E-state index < -0.39 is 72.5 Å². The number of nitrogens with two attached hydrogens (primary N) is 2. The average Bonchev–Trinajstić information content (AvgIpc) is 2.94. The van der Waals surface area contributed by atoms with Crippen molar-refractivity contribution in [3.05, 3.63) is 112 Å². The Bertz CT molecular complexity index is 1560. The molecule has 4 N–H and O–H groups in total. The largest absolute Gasteiger partial charge is 0.457 e. The van der Waals surface area contributed by atoms with Crippen LogP contribution in [-0.2, 0) is 19.1 Å². The smallest absolute Gasteiger partial charge is 0.325 e. The lowest BCUT2D eigenvalue weighted by atomic mass is 9.96. The minimum atomic E-state index is -1.96. The molecule has 43 heavy (non-hydrogen) atoms. The number of nitrogens with zero attached hydrogens (tertiary/aromatic N) is 4. The standard InChI is InChI=1S/C25H22N6O12/c1-12(16-8-6-14(28(34)35)10-20(16)30(38)39)42-24(32)22(18-4-3-5-19(26)23(18)27)25(33)43-13(2)17-9-7-15(29(36)37)11-21(17)31(40)41/h3-13,22H,26-27H2,1-2H3. The van der Waals surface area contributed by atoms with E-state index in [4.69, 9.17) is 20.9 Å². The highest BCUT2D eigenvalue weighted by molar-refractivity contribution is 6.03. The van der Waals surface area contributed by atoms with Crippen LogP contribution in [0.5, 0.6) is 0 Å². The average molecular weight is 598 g/mol. The van der Waals surface area contributed by atoms with E-state index in [0.717, 1.165) is 24.3 Å². The van der Waals surface area contributed by atoms with Crippen LogP contribution in [0.4, 0.5) is 34.1 Å². The maximum absolute atomic E-state index is 13.4. The zero-order valence-corrected chi connectivity index (χ0v) is 22.3. The van der Waals surface area contributed by atoms with Gasteiger partial charge in [-0.15, -0.1) is 0 Å². The third kappa shape index (κ3) is 6.76. The molecule has 0 radical (unpaired) electrons. The van der Waals surface area contributed by atoms with Crippen molar-refractivity contribution in [2.45, 2.75) is 32.0 Å². The molecule has 0 aromatic heterocycles. The monoisotopic (exact) mass is 598 g/mol. The molecule has 0 aliphatic carbocycles. The lowest BCUT2D eigenvalue weighted by Crippen LogP contribution is -2.29. The summed E-state index contributed by atoms with van der Waals surface area (Å²) in [5.74, 6) is -4.58. The Labute approximate surface area is 240 Å². The van der Waals surface area contributed by atoms with E-state index in [-0.39, 0.29) is 28.1 Å². The van der Waals surface area contributed by atoms with Crippen LogP contribution >= 0.6 is 0 Å². The molecule has 0 saturated heterocycles. The normalized spacial score (nSPS) is 12.8. The molecular formula is C25H22N6O12. The van der Waals surface area contributed by atoms with Crippen molar-refractivity contribution < 1.29 is 38.8 Å². The molecular weight excluding hydrogens is 576 g/mol. The van der Waals surface area contributed by atoms with Gasteiger partial charge in [0.1, 0.15) is 12.2 Å². The first-order chi connectivity index (χ1) is 20.1. The summed E-state index contributed by atoms with van der Waals surface area (Å²) in [6, 6.07) is 9.33. The number of non-ortho nitro benzene ring substituents is 2. The van der Waals surface area contributed by atoms with Gasteiger partial charge in [0, 0.05) is 17.7 Å². The summed E-state index contributed by atoms with van der Waals surface area (Å²) in [7, 11) is 0. The van der Waals surface area contributed by atoms with Crippen molar-refractivity contribution in [3.8, 4) is 0 Å². The van der Waals surface area contributed by atoms with Gasteiger partial charge >= 0.3 is 11.9 Å². The highest BCUT2D eigenvalue weighted by atomic mass is 16.6. The molecule has 0 spiro atoms. The number of hydrogen-bond donors (Lipinski definition) is 2. The number of nitro groups is 4. The highest BCUT2D eigenvalue weighted by Crippen LogP contribution is 2.37. The fourth-order valence-corrected chi connectivity index (χ4v) is 4.11. The number of carbonyl (C=O) groups excluding carboxylic acids is 2. The van der Waals surface area contributed by atoms with Crippen LogP contribution in [0.1, 0.15) is 48.7 Å². The quantitative estimate of drug-likeness (QED) is 0.103. The third-order valence-electron chi connectivity index (χ3n) is 6.26. The Kier molecular flexibility index (Phi) is 9.14. The molecule has 3 aromatic rings. The van der Waals surface area contributed by atoms with E-state index in [0.29, 0.717) is 12.1 Å². The van der Waals surface area contributed by atoms with Crippen LogP contribution < -0.4 is 11.5 Å². The predicted octanol–water partition coefficient (Wildman–Crippen LogP) is 4.18. The number of esters is 2. The molecule has 18 nitrogen and oxygen atoms in total. The molecule has 0 fully saturated rings. The summed E-state index contributed by atoms with van der Waals surface area (Å²) in [5, 5.41) is 45.3. The molecule has 2 unspecified atom stereocenters. The molecule has 0 amide bonds. The summed E-state index contributed by atoms with van der Waals surface area (Å²) in [5.41, 5.74) is 8.36. The van der Waals surface area contributed by atoms with E-state index in [1.54, 1.807) is 0 Å². The van der Waals surface area contributed by atoms with Gasteiger partial charge in [-0.05, 0) is 32.0 Å². The Morgan fingerprint density at radius 3 is 1.44 bits per heavy atom. The number of hydrogen-bond acceptors (Lipinski definition) is 14. The van der Waals surface area contributed by atoms with Crippen LogP contribution in [0.15, 0.2) is 54.6 Å². The molecule has 224 valence electrons. The lowest BCUT2D eigenvalue weighted by molar-refractivity contribution is -0.395. The van der Waals surface area contributed by atoms with E-state index in [9.17, 15) is 50.0 Å². The molecule has 3 rings (SSSR count). The van der Waals surface area contributed by atoms with Crippen LogP contribution in [0.2, 0.25) is 0 Å². The first-order valence-corrected chi connectivity index (χ1v) is 12.0. The first-order valence-electron chi connectivity index (χ1n) is 12.0. The van der Waals surface area contributed by atoms with Gasteiger partial charge in [-0.25, -0.2) is 0 Å². The number of rotatable bonds is 11. The van der Waals surface area contributed by atoms with Crippen molar-refractivity contribution in [1.29, 1.82) is 0 Å². The first kappa shape index (κ1) is 31.3.